The number of rotatable bonds is 6. The SMILES string of the molecule is Cn1cnc(CCNCC(O)c2ccc(F)cc2F)n1. The fraction of sp³-hybridized carbons (Fsp3) is 0.385. The van der Waals surface area contributed by atoms with Crippen LogP contribution in [0.4, 0.5) is 8.78 Å². The first kappa shape index (κ1) is 14.5. The smallest absolute Gasteiger partial charge is 0.151 e. The van der Waals surface area contributed by atoms with E-state index in [0.717, 1.165) is 12.1 Å². The van der Waals surface area contributed by atoms with Crippen molar-refractivity contribution >= 4 is 0 Å². The van der Waals surface area contributed by atoms with Gasteiger partial charge in [-0.1, -0.05) is 6.07 Å². The van der Waals surface area contributed by atoms with Crippen LogP contribution in [0.2, 0.25) is 0 Å². The summed E-state index contributed by atoms with van der Waals surface area (Å²) in [6, 6.07) is 3.13. The Morgan fingerprint density at radius 1 is 1.40 bits per heavy atom. The molecule has 1 atom stereocenters. The van der Waals surface area contributed by atoms with E-state index in [-0.39, 0.29) is 12.1 Å². The van der Waals surface area contributed by atoms with E-state index in [1.54, 1.807) is 18.1 Å². The van der Waals surface area contributed by atoms with Gasteiger partial charge in [0.1, 0.15) is 18.0 Å². The van der Waals surface area contributed by atoms with Crippen molar-refractivity contribution in [2.75, 3.05) is 13.1 Å². The molecule has 1 heterocycles. The molecule has 2 rings (SSSR count). The zero-order chi connectivity index (χ0) is 14.5. The zero-order valence-corrected chi connectivity index (χ0v) is 11.1. The molecule has 0 amide bonds. The fourth-order valence-electron chi connectivity index (χ4n) is 1.82. The lowest BCUT2D eigenvalue weighted by molar-refractivity contribution is 0.170. The molecule has 2 aromatic rings. The second kappa shape index (κ2) is 6.53. The molecular weight excluding hydrogens is 266 g/mol. The Labute approximate surface area is 115 Å². The Balaban J connectivity index is 1.78. The van der Waals surface area contributed by atoms with E-state index < -0.39 is 17.7 Å². The maximum Gasteiger partial charge on any atom is 0.151 e. The van der Waals surface area contributed by atoms with Crippen LogP contribution in [0, 0.1) is 11.6 Å². The van der Waals surface area contributed by atoms with Crippen LogP contribution in [-0.4, -0.2) is 33.0 Å². The van der Waals surface area contributed by atoms with E-state index in [4.69, 9.17) is 0 Å². The summed E-state index contributed by atoms with van der Waals surface area (Å²) < 4.78 is 27.8. The first-order valence-corrected chi connectivity index (χ1v) is 6.24. The van der Waals surface area contributed by atoms with Crippen molar-refractivity contribution in [3.63, 3.8) is 0 Å². The summed E-state index contributed by atoms with van der Waals surface area (Å²) in [7, 11) is 1.78. The van der Waals surface area contributed by atoms with Crippen molar-refractivity contribution < 1.29 is 13.9 Å². The van der Waals surface area contributed by atoms with Gasteiger partial charge >= 0.3 is 0 Å². The van der Waals surface area contributed by atoms with Gasteiger partial charge in [-0.3, -0.25) is 4.68 Å². The minimum Gasteiger partial charge on any atom is -0.387 e. The van der Waals surface area contributed by atoms with Gasteiger partial charge in [-0.2, -0.15) is 5.10 Å². The summed E-state index contributed by atoms with van der Waals surface area (Å²) in [5, 5.41) is 16.9. The monoisotopic (exact) mass is 282 g/mol. The van der Waals surface area contributed by atoms with E-state index in [9.17, 15) is 13.9 Å². The Hall–Kier alpha value is -1.86. The minimum atomic E-state index is -1.02. The van der Waals surface area contributed by atoms with Gasteiger partial charge in [-0.15, -0.1) is 0 Å². The summed E-state index contributed by atoms with van der Waals surface area (Å²) in [6.07, 6.45) is 1.20. The number of nitrogens with one attached hydrogen (secondary N) is 1. The summed E-state index contributed by atoms with van der Waals surface area (Å²) >= 11 is 0. The van der Waals surface area contributed by atoms with Crippen LogP contribution in [0.3, 0.4) is 0 Å². The quantitative estimate of drug-likeness (QED) is 0.775. The van der Waals surface area contributed by atoms with Crippen LogP contribution in [-0.2, 0) is 13.5 Å². The predicted octanol–water partition coefficient (Wildman–Crippen LogP) is 0.959. The minimum absolute atomic E-state index is 0.0786. The highest BCUT2D eigenvalue weighted by molar-refractivity contribution is 5.21. The van der Waals surface area contributed by atoms with Gasteiger partial charge in [0.15, 0.2) is 5.82 Å². The summed E-state index contributed by atoms with van der Waals surface area (Å²) in [5.41, 5.74) is 0.0786. The lowest BCUT2D eigenvalue weighted by atomic mass is 10.1. The molecule has 0 saturated heterocycles. The van der Waals surface area contributed by atoms with Crippen molar-refractivity contribution in [1.82, 2.24) is 20.1 Å². The third-order valence-corrected chi connectivity index (χ3v) is 2.83. The Kier molecular flexibility index (Phi) is 4.75. The molecule has 0 radical (unpaired) electrons. The Bertz CT molecular complexity index is 573. The van der Waals surface area contributed by atoms with Crippen LogP contribution < -0.4 is 5.32 Å². The normalized spacial score (nSPS) is 12.6. The average molecular weight is 282 g/mol. The molecule has 0 aliphatic carbocycles. The highest BCUT2D eigenvalue weighted by atomic mass is 19.1. The van der Waals surface area contributed by atoms with E-state index in [1.807, 2.05) is 0 Å². The maximum atomic E-state index is 13.4. The molecule has 0 bridgehead atoms. The van der Waals surface area contributed by atoms with Crippen molar-refractivity contribution in [1.29, 1.82) is 0 Å². The number of aromatic nitrogens is 3. The predicted molar refractivity (Wildman–Crippen MR) is 68.9 cm³/mol. The molecular formula is C13H16F2N4O. The van der Waals surface area contributed by atoms with Gasteiger partial charge in [0.05, 0.1) is 6.10 Å². The molecule has 1 aromatic heterocycles. The van der Waals surface area contributed by atoms with Gasteiger partial charge < -0.3 is 10.4 Å². The fourth-order valence-corrected chi connectivity index (χ4v) is 1.82. The molecule has 5 nitrogen and oxygen atoms in total. The molecule has 7 heteroatoms. The molecule has 0 fully saturated rings. The summed E-state index contributed by atoms with van der Waals surface area (Å²) in [4.78, 5) is 4.06. The third-order valence-electron chi connectivity index (χ3n) is 2.83. The van der Waals surface area contributed by atoms with E-state index in [0.29, 0.717) is 18.8 Å². The van der Waals surface area contributed by atoms with Gasteiger partial charge in [-0.25, -0.2) is 13.8 Å². The molecule has 2 N–H and O–H groups in total. The van der Waals surface area contributed by atoms with Crippen molar-refractivity contribution in [2.24, 2.45) is 7.05 Å². The first-order chi connectivity index (χ1) is 9.56. The number of nitrogens with zero attached hydrogens (tertiary/aromatic N) is 3. The number of aryl methyl sites for hydroxylation is 1. The highest BCUT2D eigenvalue weighted by Crippen LogP contribution is 2.17. The number of hydrogen-bond donors (Lipinski definition) is 2. The van der Waals surface area contributed by atoms with E-state index in [1.165, 1.54) is 6.07 Å². The average Bonchev–Trinajstić information content (AvgIpc) is 2.80. The molecule has 0 aliphatic heterocycles. The molecule has 0 saturated carbocycles. The number of aliphatic hydroxyl groups is 1. The maximum absolute atomic E-state index is 13.4. The van der Waals surface area contributed by atoms with Gasteiger partial charge in [0.25, 0.3) is 0 Å². The van der Waals surface area contributed by atoms with Crippen molar-refractivity contribution in [3.8, 4) is 0 Å². The van der Waals surface area contributed by atoms with Crippen LogP contribution in [0.1, 0.15) is 17.5 Å². The molecule has 0 aliphatic rings. The van der Waals surface area contributed by atoms with E-state index >= 15 is 0 Å². The molecule has 1 unspecified atom stereocenters. The lowest BCUT2D eigenvalue weighted by Crippen LogP contribution is -2.24. The van der Waals surface area contributed by atoms with Crippen molar-refractivity contribution in [2.45, 2.75) is 12.5 Å². The molecule has 20 heavy (non-hydrogen) atoms. The highest BCUT2D eigenvalue weighted by Gasteiger charge is 2.13. The second-order valence-corrected chi connectivity index (χ2v) is 4.47. The number of benzene rings is 1. The number of halogens is 2. The van der Waals surface area contributed by atoms with Crippen LogP contribution in [0.5, 0.6) is 0 Å². The first-order valence-electron chi connectivity index (χ1n) is 6.24. The molecule has 108 valence electrons. The van der Waals surface area contributed by atoms with Crippen LogP contribution >= 0.6 is 0 Å². The standard InChI is InChI=1S/C13H16F2N4O/c1-19-8-17-13(18-19)4-5-16-7-12(20)10-3-2-9(14)6-11(10)15/h2-3,6,8,12,16,20H,4-5,7H2,1H3. The largest absolute Gasteiger partial charge is 0.387 e. The second-order valence-electron chi connectivity index (χ2n) is 4.47. The van der Waals surface area contributed by atoms with Gasteiger partial charge in [0.2, 0.25) is 0 Å². The summed E-state index contributed by atoms with van der Waals surface area (Å²) in [5.74, 6) is -0.708. The topological polar surface area (TPSA) is 63.0 Å². The van der Waals surface area contributed by atoms with Crippen LogP contribution in [0.25, 0.3) is 0 Å². The molecule has 0 spiro atoms. The molecule has 1 aromatic carbocycles. The van der Waals surface area contributed by atoms with E-state index in [2.05, 4.69) is 15.4 Å². The van der Waals surface area contributed by atoms with Crippen LogP contribution in [0.15, 0.2) is 24.5 Å². The Morgan fingerprint density at radius 3 is 2.85 bits per heavy atom. The summed E-state index contributed by atoms with van der Waals surface area (Å²) in [6.45, 7) is 0.735. The Morgan fingerprint density at radius 2 is 2.20 bits per heavy atom. The lowest BCUT2D eigenvalue weighted by Gasteiger charge is -2.12. The number of aliphatic hydroxyl groups excluding tert-OH is 1. The number of hydrogen-bond acceptors (Lipinski definition) is 4. The van der Waals surface area contributed by atoms with Crippen molar-refractivity contribution in [3.05, 3.63) is 47.5 Å². The van der Waals surface area contributed by atoms with Gasteiger partial charge in [-0.05, 0) is 6.07 Å². The van der Waals surface area contributed by atoms with Gasteiger partial charge in [0, 0.05) is 38.2 Å². The zero-order valence-electron chi connectivity index (χ0n) is 11.1. The third kappa shape index (κ3) is 3.82.